The first-order chi connectivity index (χ1) is 9.77. The lowest BCUT2D eigenvalue weighted by atomic mass is 9.99. The van der Waals surface area contributed by atoms with Crippen LogP contribution in [0.2, 0.25) is 25.1 Å². The van der Waals surface area contributed by atoms with Crippen LogP contribution in [0.4, 0.5) is 13.2 Å². The summed E-state index contributed by atoms with van der Waals surface area (Å²) in [6, 6.07) is 3.22. The SMILES string of the molecule is Fc1cccc(C(F)F)c1-c1c(Cl)c(Cl)c(Cl)c(Cl)c1Cl. The Morgan fingerprint density at radius 3 is 1.67 bits per heavy atom. The van der Waals surface area contributed by atoms with E-state index in [0.29, 0.717) is 0 Å². The molecule has 0 saturated carbocycles. The molecule has 0 fully saturated rings. The molecular formula is C13H4Cl5F3. The number of benzene rings is 2. The van der Waals surface area contributed by atoms with Crippen molar-refractivity contribution in [3.8, 4) is 11.1 Å². The minimum Gasteiger partial charge on any atom is -0.206 e. The van der Waals surface area contributed by atoms with Gasteiger partial charge in [0.05, 0.1) is 25.1 Å². The summed E-state index contributed by atoms with van der Waals surface area (Å²) in [4.78, 5) is 0. The second-order valence-corrected chi connectivity index (χ2v) is 5.84. The van der Waals surface area contributed by atoms with Crippen molar-refractivity contribution >= 4 is 58.0 Å². The smallest absolute Gasteiger partial charge is 0.206 e. The number of halogens is 8. The molecule has 0 heterocycles. The lowest BCUT2D eigenvalue weighted by Gasteiger charge is -2.16. The molecule has 2 rings (SSSR count). The molecule has 2 aromatic rings. The van der Waals surface area contributed by atoms with Crippen LogP contribution in [-0.2, 0) is 0 Å². The van der Waals surface area contributed by atoms with Gasteiger partial charge in [0, 0.05) is 16.7 Å². The van der Waals surface area contributed by atoms with E-state index in [4.69, 9.17) is 58.0 Å². The first-order valence-electron chi connectivity index (χ1n) is 5.35. The normalized spacial score (nSPS) is 11.3. The lowest BCUT2D eigenvalue weighted by molar-refractivity contribution is 0.151. The number of rotatable bonds is 2. The quantitative estimate of drug-likeness (QED) is 0.362. The first-order valence-corrected chi connectivity index (χ1v) is 7.24. The van der Waals surface area contributed by atoms with Crippen LogP contribution >= 0.6 is 58.0 Å². The van der Waals surface area contributed by atoms with E-state index in [0.717, 1.165) is 18.2 Å². The van der Waals surface area contributed by atoms with Crippen LogP contribution in [0.25, 0.3) is 11.1 Å². The van der Waals surface area contributed by atoms with Crippen LogP contribution in [0.1, 0.15) is 12.0 Å². The molecule has 0 aliphatic heterocycles. The van der Waals surface area contributed by atoms with Gasteiger partial charge in [-0.2, -0.15) is 0 Å². The van der Waals surface area contributed by atoms with E-state index >= 15 is 0 Å². The molecule has 0 aliphatic carbocycles. The standard InChI is InChI=1S/C13H4Cl5F3/c14-8-7(9(15)11(17)12(18)10(8)16)6-4(13(20)21)2-1-3-5(6)19/h1-3,13H. The Morgan fingerprint density at radius 1 is 0.714 bits per heavy atom. The van der Waals surface area contributed by atoms with Gasteiger partial charge in [0.1, 0.15) is 5.82 Å². The van der Waals surface area contributed by atoms with E-state index in [1.165, 1.54) is 0 Å². The Bertz CT molecular complexity index is 686. The molecule has 0 saturated heterocycles. The molecule has 0 atom stereocenters. The second-order valence-electron chi connectivity index (χ2n) is 3.95. The second kappa shape index (κ2) is 6.43. The van der Waals surface area contributed by atoms with Crippen molar-refractivity contribution in [3.63, 3.8) is 0 Å². The van der Waals surface area contributed by atoms with E-state index in [9.17, 15) is 13.2 Å². The third-order valence-corrected chi connectivity index (χ3v) is 5.02. The van der Waals surface area contributed by atoms with Gasteiger partial charge in [0.2, 0.25) is 0 Å². The van der Waals surface area contributed by atoms with Crippen LogP contribution in [-0.4, -0.2) is 0 Å². The van der Waals surface area contributed by atoms with Gasteiger partial charge in [0.25, 0.3) is 6.43 Å². The highest BCUT2D eigenvalue weighted by Crippen LogP contribution is 2.50. The highest BCUT2D eigenvalue weighted by Gasteiger charge is 2.26. The third kappa shape index (κ3) is 2.95. The van der Waals surface area contributed by atoms with Crippen molar-refractivity contribution in [3.05, 3.63) is 54.7 Å². The number of alkyl halides is 2. The molecule has 0 unspecified atom stereocenters. The Labute approximate surface area is 143 Å². The van der Waals surface area contributed by atoms with Gasteiger partial charge < -0.3 is 0 Å². The minimum absolute atomic E-state index is 0.132. The molecule has 112 valence electrons. The average Bonchev–Trinajstić information content (AvgIpc) is 2.44. The summed E-state index contributed by atoms with van der Waals surface area (Å²) >= 11 is 29.5. The fraction of sp³-hybridized carbons (Fsp3) is 0.0769. The maximum atomic E-state index is 14.1. The van der Waals surface area contributed by atoms with Gasteiger partial charge in [-0.05, 0) is 6.07 Å². The van der Waals surface area contributed by atoms with E-state index in [2.05, 4.69) is 0 Å². The molecule has 2 aromatic carbocycles. The summed E-state index contributed by atoms with van der Waals surface area (Å²) < 4.78 is 40.2. The van der Waals surface area contributed by atoms with Crippen molar-refractivity contribution < 1.29 is 13.2 Å². The number of hydrogen-bond donors (Lipinski definition) is 0. The predicted octanol–water partition coefficient (Wildman–Crippen LogP) is 7.70. The van der Waals surface area contributed by atoms with Crippen LogP contribution in [0.15, 0.2) is 18.2 Å². The molecule has 0 nitrogen and oxygen atoms in total. The molecule has 0 amide bonds. The Hall–Kier alpha value is -0.320. The summed E-state index contributed by atoms with van der Waals surface area (Å²) in [5, 5.41) is -1.00. The fourth-order valence-corrected chi connectivity index (χ4v) is 3.14. The molecule has 0 radical (unpaired) electrons. The molecule has 0 aliphatic rings. The van der Waals surface area contributed by atoms with Gasteiger partial charge >= 0.3 is 0 Å². The molecule has 0 aromatic heterocycles. The minimum atomic E-state index is -2.93. The lowest BCUT2D eigenvalue weighted by Crippen LogP contribution is -1.97. The maximum absolute atomic E-state index is 14.1. The monoisotopic (exact) mass is 392 g/mol. The summed E-state index contributed by atoms with van der Waals surface area (Å²) in [6.45, 7) is 0. The van der Waals surface area contributed by atoms with Crippen molar-refractivity contribution in [2.45, 2.75) is 6.43 Å². The van der Waals surface area contributed by atoms with E-state index in [-0.39, 0.29) is 30.7 Å². The largest absolute Gasteiger partial charge is 0.264 e. The molecule has 0 spiro atoms. The molecule has 21 heavy (non-hydrogen) atoms. The summed E-state index contributed by atoms with van der Waals surface area (Å²) in [6.07, 6.45) is -2.93. The van der Waals surface area contributed by atoms with Crippen LogP contribution in [0, 0.1) is 5.82 Å². The highest BCUT2D eigenvalue weighted by atomic mass is 35.5. The van der Waals surface area contributed by atoms with Gasteiger partial charge in [0.15, 0.2) is 0 Å². The third-order valence-electron chi connectivity index (χ3n) is 2.74. The number of hydrogen-bond acceptors (Lipinski definition) is 0. The van der Waals surface area contributed by atoms with Gasteiger partial charge in [-0.1, -0.05) is 70.1 Å². The fourth-order valence-electron chi connectivity index (χ4n) is 1.81. The van der Waals surface area contributed by atoms with Crippen molar-refractivity contribution in [1.29, 1.82) is 0 Å². The van der Waals surface area contributed by atoms with Crippen molar-refractivity contribution in [2.24, 2.45) is 0 Å². The molecule has 0 bridgehead atoms. The molecule has 8 heteroatoms. The Morgan fingerprint density at radius 2 is 1.19 bits per heavy atom. The maximum Gasteiger partial charge on any atom is 0.264 e. The first kappa shape index (κ1) is 17.0. The van der Waals surface area contributed by atoms with Gasteiger partial charge in [-0.3, -0.25) is 0 Å². The van der Waals surface area contributed by atoms with E-state index in [1.807, 2.05) is 0 Å². The zero-order chi connectivity index (χ0) is 15.9. The summed E-state index contributed by atoms with van der Waals surface area (Å²) in [5.74, 6) is -0.925. The molecular weight excluding hydrogens is 390 g/mol. The van der Waals surface area contributed by atoms with Crippen molar-refractivity contribution in [1.82, 2.24) is 0 Å². The zero-order valence-electron chi connectivity index (χ0n) is 9.83. The van der Waals surface area contributed by atoms with Crippen LogP contribution in [0.3, 0.4) is 0 Å². The molecule has 0 N–H and O–H groups in total. The Balaban J connectivity index is 2.93. The van der Waals surface area contributed by atoms with Crippen LogP contribution < -0.4 is 0 Å². The van der Waals surface area contributed by atoms with E-state index < -0.39 is 23.4 Å². The topological polar surface area (TPSA) is 0 Å². The van der Waals surface area contributed by atoms with E-state index in [1.54, 1.807) is 0 Å². The van der Waals surface area contributed by atoms with Crippen molar-refractivity contribution in [2.75, 3.05) is 0 Å². The Kier molecular flexibility index (Phi) is 5.22. The highest BCUT2D eigenvalue weighted by molar-refractivity contribution is 6.56. The zero-order valence-corrected chi connectivity index (χ0v) is 13.6. The van der Waals surface area contributed by atoms with Gasteiger partial charge in [-0.25, -0.2) is 13.2 Å². The summed E-state index contributed by atoms with van der Waals surface area (Å²) in [7, 11) is 0. The average molecular weight is 394 g/mol. The van der Waals surface area contributed by atoms with Crippen LogP contribution in [0.5, 0.6) is 0 Å². The summed E-state index contributed by atoms with van der Waals surface area (Å²) in [5.41, 5.74) is -1.25. The predicted molar refractivity (Wildman–Crippen MR) is 81.8 cm³/mol. The van der Waals surface area contributed by atoms with Gasteiger partial charge in [-0.15, -0.1) is 0 Å².